The molecule has 1 aliphatic rings. The van der Waals surface area contributed by atoms with Crippen molar-refractivity contribution in [2.24, 2.45) is 17.3 Å². The number of nitrogens with zero attached hydrogens (tertiary/aromatic N) is 1. The smallest absolute Gasteiger partial charge is 0.149 e. The Balaban J connectivity index is 2.42. The van der Waals surface area contributed by atoms with Crippen LogP contribution in [-0.4, -0.2) is 36.1 Å². The van der Waals surface area contributed by atoms with Crippen molar-refractivity contribution in [2.45, 2.75) is 47.5 Å². The number of rotatable bonds is 4. The molecule has 1 aliphatic heterocycles. The average molecular weight is 253 g/mol. The van der Waals surface area contributed by atoms with Gasteiger partial charge in [-0.3, -0.25) is 14.5 Å². The van der Waals surface area contributed by atoms with E-state index < -0.39 is 0 Å². The summed E-state index contributed by atoms with van der Waals surface area (Å²) in [5, 5.41) is 0. The van der Waals surface area contributed by atoms with Crippen LogP contribution in [0, 0.1) is 17.3 Å². The maximum Gasteiger partial charge on any atom is 0.149 e. The third kappa shape index (κ3) is 4.20. The predicted octanol–water partition coefficient (Wildman–Crippen LogP) is 2.54. The quantitative estimate of drug-likeness (QED) is 0.772. The molecule has 1 fully saturated rings. The number of likely N-dealkylation sites (tertiary alicyclic amines) is 1. The second kappa shape index (κ2) is 5.96. The van der Waals surface area contributed by atoms with Crippen molar-refractivity contribution in [3.63, 3.8) is 0 Å². The molecule has 0 aromatic rings. The third-order valence-corrected chi connectivity index (χ3v) is 3.72. The zero-order valence-electron chi connectivity index (χ0n) is 12.5. The standard InChI is InChI=1S/C15H27NO2/c1-11(2)13(17)10-16-8-6-12(7-9-16)14(18)15(3,4)5/h11-12H,6-10H2,1-5H3. The highest BCUT2D eigenvalue weighted by atomic mass is 16.1. The van der Waals surface area contributed by atoms with E-state index in [9.17, 15) is 9.59 Å². The Morgan fingerprint density at radius 2 is 1.67 bits per heavy atom. The number of hydrogen-bond donors (Lipinski definition) is 0. The summed E-state index contributed by atoms with van der Waals surface area (Å²) < 4.78 is 0. The van der Waals surface area contributed by atoms with Crippen LogP contribution in [0.2, 0.25) is 0 Å². The summed E-state index contributed by atoms with van der Waals surface area (Å²) in [4.78, 5) is 26.0. The molecule has 3 heteroatoms. The number of piperidine rings is 1. The van der Waals surface area contributed by atoms with Gasteiger partial charge in [-0.2, -0.15) is 0 Å². The van der Waals surface area contributed by atoms with Gasteiger partial charge in [0.2, 0.25) is 0 Å². The van der Waals surface area contributed by atoms with E-state index >= 15 is 0 Å². The molecule has 3 nitrogen and oxygen atoms in total. The Labute approximate surface area is 111 Å². The molecule has 0 atom stereocenters. The van der Waals surface area contributed by atoms with Gasteiger partial charge >= 0.3 is 0 Å². The Kier molecular flexibility index (Phi) is 5.09. The van der Waals surface area contributed by atoms with Gasteiger partial charge in [0.05, 0.1) is 6.54 Å². The summed E-state index contributed by atoms with van der Waals surface area (Å²) in [6, 6.07) is 0. The number of Topliss-reactive ketones (excluding diaryl/α,β-unsaturated/α-hetero) is 2. The van der Waals surface area contributed by atoms with Crippen molar-refractivity contribution >= 4 is 11.6 Å². The second-order valence-electron chi connectivity index (χ2n) is 6.79. The molecule has 0 radical (unpaired) electrons. The Bertz CT molecular complexity index is 307. The minimum Gasteiger partial charge on any atom is -0.299 e. The van der Waals surface area contributed by atoms with Gasteiger partial charge < -0.3 is 0 Å². The second-order valence-corrected chi connectivity index (χ2v) is 6.79. The minimum atomic E-state index is -0.236. The van der Waals surface area contributed by atoms with Crippen LogP contribution in [0.3, 0.4) is 0 Å². The highest BCUT2D eigenvalue weighted by Crippen LogP contribution is 2.27. The van der Waals surface area contributed by atoms with Gasteiger partial charge in [0.15, 0.2) is 0 Å². The summed E-state index contributed by atoms with van der Waals surface area (Å²) in [5.41, 5.74) is -0.236. The Hall–Kier alpha value is -0.700. The molecule has 0 spiro atoms. The summed E-state index contributed by atoms with van der Waals surface area (Å²) in [7, 11) is 0. The molecule has 0 aromatic carbocycles. The minimum absolute atomic E-state index is 0.110. The topological polar surface area (TPSA) is 37.4 Å². The highest BCUT2D eigenvalue weighted by molar-refractivity contribution is 5.86. The number of carbonyl (C=O) groups excluding carboxylic acids is 2. The lowest BCUT2D eigenvalue weighted by atomic mass is 9.79. The maximum atomic E-state index is 12.2. The largest absolute Gasteiger partial charge is 0.299 e. The van der Waals surface area contributed by atoms with Gasteiger partial charge in [-0.05, 0) is 25.9 Å². The molecular formula is C15H27NO2. The molecule has 1 heterocycles. The summed E-state index contributed by atoms with van der Waals surface area (Å²) in [5.74, 6) is 0.974. The fraction of sp³-hybridized carbons (Fsp3) is 0.867. The molecule has 0 bridgehead atoms. The summed E-state index contributed by atoms with van der Waals surface area (Å²) in [6.45, 7) is 12.2. The molecule has 0 N–H and O–H groups in total. The van der Waals surface area contributed by atoms with E-state index in [4.69, 9.17) is 0 Å². The van der Waals surface area contributed by atoms with Gasteiger partial charge in [-0.25, -0.2) is 0 Å². The molecule has 0 aliphatic carbocycles. The lowest BCUT2D eigenvalue weighted by Gasteiger charge is -2.33. The van der Waals surface area contributed by atoms with Gasteiger partial charge in [-0.15, -0.1) is 0 Å². The van der Waals surface area contributed by atoms with Crippen molar-refractivity contribution in [3.05, 3.63) is 0 Å². The van der Waals surface area contributed by atoms with E-state index in [0.29, 0.717) is 18.1 Å². The Morgan fingerprint density at radius 1 is 1.17 bits per heavy atom. The maximum absolute atomic E-state index is 12.2. The van der Waals surface area contributed by atoms with E-state index in [-0.39, 0.29) is 17.3 Å². The fourth-order valence-corrected chi connectivity index (χ4v) is 2.37. The van der Waals surface area contributed by atoms with E-state index in [1.54, 1.807) is 0 Å². The number of ketones is 2. The molecule has 0 amide bonds. The SMILES string of the molecule is CC(C)C(=O)CN1CCC(C(=O)C(C)(C)C)CC1. The van der Waals surface area contributed by atoms with Gasteiger partial charge in [0, 0.05) is 17.3 Å². The summed E-state index contributed by atoms with van der Waals surface area (Å²) in [6.07, 6.45) is 1.81. The van der Waals surface area contributed by atoms with Crippen LogP contribution >= 0.6 is 0 Å². The molecular weight excluding hydrogens is 226 g/mol. The monoisotopic (exact) mass is 253 g/mol. The zero-order chi connectivity index (χ0) is 13.9. The first-order valence-electron chi connectivity index (χ1n) is 7.01. The first kappa shape index (κ1) is 15.4. The van der Waals surface area contributed by atoms with Gasteiger partial charge in [0.1, 0.15) is 11.6 Å². The first-order valence-corrected chi connectivity index (χ1v) is 7.01. The van der Waals surface area contributed by atoms with Gasteiger partial charge in [-0.1, -0.05) is 34.6 Å². The average Bonchev–Trinajstić information content (AvgIpc) is 2.27. The Morgan fingerprint density at radius 3 is 2.06 bits per heavy atom. The lowest BCUT2D eigenvalue weighted by molar-refractivity contribution is -0.132. The molecule has 0 saturated carbocycles. The van der Waals surface area contributed by atoms with Crippen LogP contribution in [-0.2, 0) is 9.59 Å². The molecule has 1 saturated heterocycles. The van der Waals surface area contributed by atoms with E-state index in [0.717, 1.165) is 25.9 Å². The van der Waals surface area contributed by atoms with E-state index in [1.165, 1.54) is 0 Å². The highest BCUT2D eigenvalue weighted by Gasteiger charge is 2.32. The van der Waals surface area contributed by atoms with Crippen LogP contribution in [0.15, 0.2) is 0 Å². The van der Waals surface area contributed by atoms with Crippen molar-refractivity contribution < 1.29 is 9.59 Å². The lowest BCUT2D eigenvalue weighted by Crippen LogP contribution is -2.42. The van der Waals surface area contributed by atoms with E-state index in [1.807, 2.05) is 34.6 Å². The zero-order valence-corrected chi connectivity index (χ0v) is 12.5. The van der Waals surface area contributed by atoms with Crippen molar-refractivity contribution in [1.29, 1.82) is 0 Å². The van der Waals surface area contributed by atoms with Gasteiger partial charge in [0.25, 0.3) is 0 Å². The molecule has 104 valence electrons. The van der Waals surface area contributed by atoms with Crippen LogP contribution < -0.4 is 0 Å². The third-order valence-electron chi connectivity index (χ3n) is 3.72. The van der Waals surface area contributed by atoms with Crippen LogP contribution in [0.1, 0.15) is 47.5 Å². The number of carbonyl (C=O) groups is 2. The normalized spacial score (nSPS) is 19.2. The van der Waals surface area contributed by atoms with Crippen molar-refractivity contribution in [3.8, 4) is 0 Å². The van der Waals surface area contributed by atoms with Crippen LogP contribution in [0.5, 0.6) is 0 Å². The molecule has 18 heavy (non-hydrogen) atoms. The van der Waals surface area contributed by atoms with Crippen LogP contribution in [0.4, 0.5) is 0 Å². The van der Waals surface area contributed by atoms with Crippen molar-refractivity contribution in [1.82, 2.24) is 4.90 Å². The van der Waals surface area contributed by atoms with Crippen LogP contribution in [0.25, 0.3) is 0 Å². The first-order chi connectivity index (χ1) is 8.21. The molecule has 1 rings (SSSR count). The predicted molar refractivity (Wildman–Crippen MR) is 73.5 cm³/mol. The number of hydrogen-bond acceptors (Lipinski definition) is 3. The van der Waals surface area contributed by atoms with E-state index in [2.05, 4.69) is 4.90 Å². The summed E-state index contributed by atoms with van der Waals surface area (Å²) >= 11 is 0. The molecule has 0 unspecified atom stereocenters. The molecule has 0 aromatic heterocycles. The van der Waals surface area contributed by atoms with Crippen molar-refractivity contribution in [2.75, 3.05) is 19.6 Å². The fourth-order valence-electron chi connectivity index (χ4n) is 2.37.